The van der Waals surface area contributed by atoms with Gasteiger partial charge >= 0.3 is 0 Å². The van der Waals surface area contributed by atoms with Gasteiger partial charge in [-0.2, -0.15) is 9.61 Å². The van der Waals surface area contributed by atoms with E-state index in [1.54, 1.807) is 24.0 Å². The van der Waals surface area contributed by atoms with Gasteiger partial charge in [0.2, 0.25) is 5.88 Å². The van der Waals surface area contributed by atoms with Gasteiger partial charge in [-0.25, -0.2) is 15.0 Å². The zero-order valence-electron chi connectivity index (χ0n) is 14.4. The van der Waals surface area contributed by atoms with Crippen LogP contribution in [-0.4, -0.2) is 44.8 Å². The first-order valence-corrected chi connectivity index (χ1v) is 9.20. The minimum absolute atomic E-state index is 0.229. The van der Waals surface area contributed by atoms with Crippen LogP contribution in [0.25, 0.3) is 16.8 Å². The van der Waals surface area contributed by atoms with Gasteiger partial charge < -0.3 is 10.5 Å². The number of nitrogens with zero attached hydrogens (tertiary/aromatic N) is 5. The van der Waals surface area contributed by atoms with Crippen molar-refractivity contribution in [2.45, 2.75) is 18.8 Å². The number of piperidine rings is 1. The fraction of sp³-hybridized carbons (Fsp3) is 0.353. The molecule has 8 nitrogen and oxygen atoms in total. The number of methoxy groups -OCH3 is 1. The number of anilines is 1. The minimum atomic E-state index is 0.229. The number of hydrogen-bond acceptors (Lipinski definition) is 7. The third kappa shape index (κ3) is 2.91. The zero-order valence-corrected chi connectivity index (χ0v) is 16.0. The van der Waals surface area contributed by atoms with E-state index in [9.17, 15) is 0 Å². The van der Waals surface area contributed by atoms with Crippen LogP contribution in [0.3, 0.4) is 0 Å². The Morgan fingerprint density at radius 3 is 2.85 bits per heavy atom. The van der Waals surface area contributed by atoms with Gasteiger partial charge in [0.05, 0.1) is 23.5 Å². The molecule has 3 aromatic heterocycles. The Hall–Kier alpha value is -2.23. The summed E-state index contributed by atoms with van der Waals surface area (Å²) in [6, 6.07) is 3.75. The molecular formula is C17H20BrN7O. The smallest absolute Gasteiger partial charge is 0.212 e. The second-order valence-corrected chi connectivity index (χ2v) is 7.21. The van der Waals surface area contributed by atoms with E-state index in [0.29, 0.717) is 17.3 Å². The average Bonchev–Trinajstić information content (AvgIpc) is 3.09. The predicted molar refractivity (Wildman–Crippen MR) is 103 cm³/mol. The average molecular weight is 418 g/mol. The molecule has 0 amide bonds. The summed E-state index contributed by atoms with van der Waals surface area (Å²) in [6.07, 6.45) is 5.57. The summed E-state index contributed by atoms with van der Waals surface area (Å²) < 4.78 is 7.56. The van der Waals surface area contributed by atoms with E-state index >= 15 is 0 Å². The molecule has 0 spiro atoms. The molecule has 1 fully saturated rings. The molecule has 0 radical (unpaired) electrons. The highest BCUT2D eigenvalue weighted by atomic mass is 79.9. The number of hydrogen-bond donors (Lipinski definition) is 2. The molecule has 0 saturated carbocycles. The van der Waals surface area contributed by atoms with Crippen LogP contribution in [0.4, 0.5) is 5.82 Å². The molecule has 136 valence electrons. The second kappa shape index (κ2) is 6.82. The highest BCUT2D eigenvalue weighted by Crippen LogP contribution is 2.35. The van der Waals surface area contributed by atoms with Crippen molar-refractivity contribution in [1.82, 2.24) is 24.6 Å². The molecule has 0 aliphatic carbocycles. The van der Waals surface area contributed by atoms with E-state index in [1.807, 2.05) is 17.1 Å². The van der Waals surface area contributed by atoms with Gasteiger partial charge in [-0.3, -0.25) is 5.84 Å². The number of ether oxygens (including phenoxy) is 1. The third-order valence-corrected chi connectivity index (χ3v) is 5.56. The van der Waals surface area contributed by atoms with E-state index < -0.39 is 0 Å². The fourth-order valence-electron chi connectivity index (χ4n) is 3.38. The number of nitrogens with two attached hydrogens (primary N) is 2. The molecule has 26 heavy (non-hydrogen) atoms. The number of rotatable bonds is 3. The SMILES string of the molecule is COc1ccc(-c2cnn3c(N)c(Br)c(C4CCCN(N)C4)nc23)cn1. The van der Waals surface area contributed by atoms with Gasteiger partial charge in [0, 0.05) is 42.4 Å². The lowest BCUT2D eigenvalue weighted by Crippen LogP contribution is -2.39. The molecular weight excluding hydrogens is 398 g/mol. The lowest BCUT2D eigenvalue weighted by molar-refractivity contribution is 0.211. The standard InChI is InChI=1S/C17H20BrN7O/c1-26-13-5-4-10(7-21-13)12-8-22-25-16(19)14(18)15(23-17(12)25)11-3-2-6-24(20)9-11/h4-5,7-8,11H,2-3,6,9,19-20H2,1H3. The maximum absolute atomic E-state index is 6.33. The van der Waals surface area contributed by atoms with Crippen LogP contribution in [0.5, 0.6) is 5.88 Å². The van der Waals surface area contributed by atoms with Crippen LogP contribution in [0.1, 0.15) is 24.5 Å². The molecule has 4 rings (SSSR count). The lowest BCUT2D eigenvalue weighted by atomic mass is 9.95. The molecule has 1 aliphatic rings. The fourth-order valence-corrected chi connectivity index (χ4v) is 3.96. The first-order valence-electron chi connectivity index (χ1n) is 8.41. The summed E-state index contributed by atoms with van der Waals surface area (Å²) in [5.41, 5.74) is 9.75. The van der Waals surface area contributed by atoms with Crippen molar-refractivity contribution in [1.29, 1.82) is 0 Å². The topological polar surface area (TPSA) is 108 Å². The molecule has 1 unspecified atom stereocenters. The van der Waals surface area contributed by atoms with E-state index in [1.165, 1.54) is 0 Å². The molecule has 4 N–H and O–H groups in total. The van der Waals surface area contributed by atoms with Crippen molar-refractivity contribution >= 4 is 27.4 Å². The predicted octanol–water partition coefficient (Wildman–Crippen LogP) is 2.20. The largest absolute Gasteiger partial charge is 0.481 e. The molecule has 4 heterocycles. The quantitative estimate of drug-likeness (QED) is 0.628. The number of fused-ring (bicyclic) bond motifs is 1. The third-order valence-electron chi connectivity index (χ3n) is 4.74. The summed E-state index contributed by atoms with van der Waals surface area (Å²) in [5, 5.41) is 6.24. The molecule has 0 aromatic carbocycles. The molecule has 0 bridgehead atoms. The van der Waals surface area contributed by atoms with Crippen molar-refractivity contribution in [3.63, 3.8) is 0 Å². The van der Waals surface area contributed by atoms with Gasteiger partial charge in [-0.15, -0.1) is 0 Å². The Kier molecular flexibility index (Phi) is 4.51. The maximum atomic E-state index is 6.33. The van der Waals surface area contributed by atoms with Crippen LogP contribution in [0, 0.1) is 0 Å². The maximum Gasteiger partial charge on any atom is 0.212 e. The number of halogens is 1. The Bertz CT molecular complexity index is 940. The van der Waals surface area contributed by atoms with Gasteiger partial charge in [-0.05, 0) is 34.8 Å². The number of hydrazine groups is 1. The van der Waals surface area contributed by atoms with Crippen molar-refractivity contribution in [3.05, 3.63) is 34.7 Å². The molecule has 1 aliphatic heterocycles. The molecule has 1 saturated heterocycles. The molecule has 3 aromatic rings. The Labute approximate surface area is 159 Å². The normalized spacial score (nSPS) is 18.3. The van der Waals surface area contributed by atoms with Crippen molar-refractivity contribution in [2.75, 3.05) is 25.9 Å². The van der Waals surface area contributed by atoms with E-state index in [4.69, 9.17) is 21.3 Å². The second-order valence-electron chi connectivity index (χ2n) is 6.41. The zero-order chi connectivity index (χ0) is 18.3. The van der Waals surface area contributed by atoms with Crippen LogP contribution < -0.4 is 16.3 Å². The van der Waals surface area contributed by atoms with Crippen LogP contribution in [0.2, 0.25) is 0 Å². The first kappa shape index (κ1) is 17.2. The number of aromatic nitrogens is 4. The summed E-state index contributed by atoms with van der Waals surface area (Å²) in [4.78, 5) is 9.18. The highest BCUT2D eigenvalue weighted by Gasteiger charge is 2.26. The van der Waals surface area contributed by atoms with Crippen molar-refractivity contribution in [2.24, 2.45) is 5.84 Å². The Balaban J connectivity index is 1.83. The lowest BCUT2D eigenvalue weighted by Gasteiger charge is -2.29. The first-order chi connectivity index (χ1) is 12.6. The number of pyridine rings is 1. The Morgan fingerprint density at radius 2 is 2.15 bits per heavy atom. The Morgan fingerprint density at radius 1 is 1.31 bits per heavy atom. The van der Waals surface area contributed by atoms with Gasteiger partial charge in [-0.1, -0.05) is 0 Å². The molecule has 9 heteroatoms. The minimum Gasteiger partial charge on any atom is -0.481 e. The van der Waals surface area contributed by atoms with E-state index in [-0.39, 0.29) is 5.92 Å². The van der Waals surface area contributed by atoms with E-state index in [2.05, 4.69) is 26.0 Å². The van der Waals surface area contributed by atoms with E-state index in [0.717, 1.165) is 47.2 Å². The molecule has 1 atom stereocenters. The monoisotopic (exact) mass is 417 g/mol. The van der Waals surface area contributed by atoms with Gasteiger partial charge in [0.1, 0.15) is 5.82 Å². The summed E-state index contributed by atoms with van der Waals surface area (Å²) in [6.45, 7) is 1.66. The summed E-state index contributed by atoms with van der Waals surface area (Å²) in [7, 11) is 1.59. The number of nitrogen functional groups attached to an aromatic ring is 1. The van der Waals surface area contributed by atoms with Crippen molar-refractivity contribution < 1.29 is 4.74 Å². The van der Waals surface area contributed by atoms with Gasteiger partial charge in [0.25, 0.3) is 0 Å². The van der Waals surface area contributed by atoms with Crippen LogP contribution >= 0.6 is 15.9 Å². The van der Waals surface area contributed by atoms with Crippen molar-refractivity contribution in [3.8, 4) is 17.0 Å². The highest BCUT2D eigenvalue weighted by molar-refractivity contribution is 9.10. The van der Waals surface area contributed by atoms with Crippen LogP contribution in [-0.2, 0) is 0 Å². The summed E-state index contributed by atoms with van der Waals surface area (Å²) in [5.74, 6) is 7.34. The summed E-state index contributed by atoms with van der Waals surface area (Å²) >= 11 is 3.60. The van der Waals surface area contributed by atoms with Gasteiger partial charge in [0.15, 0.2) is 5.65 Å². The van der Waals surface area contributed by atoms with Crippen LogP contribution in [0.15, 0.2) is 29.0 Å².